The Balaban J connectivity index is 1.98. The second-order valence-electron chi connectivity index (χ2n) is 5.69. The number of hydrogen-bond acceptors (Lipinski definition) is 5. The third kappa shape index (κ3) is 4.44. The van der Waals surface area contributed by atoms with Gasteiger partial charge in [0.25, 0.3) is 0 Å². The topological polar surface area (TPSA) is 73.2 Å². The molecule has 1 atom stereocenters. The molecule has 130 valence electrons. The number of aromatic nitrogens is 2. The highest BCUT2D eigenvalue weighted by Gasteiger charge is 2.20. The first-order chi connectivity index (χ1) is 11.4. The highest BCUT2D eigenvalue weighted by molar-refractivity contribution is 7.10. The lowest BCUT2D eigenvalue weighted by Gasteiger charge is -2.16. The zero-order valence-corrected chi connectivity index (χ0v) is 15.3. The van der Waals surface area contributed by atoms with Crippen molar-refractivity contribution in [3.05, 3.63) is 39.3 Å². The summed E-state index contributed by atoms with van der Waals surface area (Å²) in [6.07, 6.45) is 1.12. The van der Waals surface area contributed by atoms with Gasteiger partial charge in [-0.05, 0) is 37.3 Å². The summed E-state index contributed by atoms with van der Waals surface area (Å²) in [5.74, 6) is -0.424. The molecule has 2 aromatic rings. The number of hydrogen-bond donors (Lipinski definition) is 1. The van der Waals surface area contributed by atoms with Gasteiger partial charge in [-0.15, -0.1) is 11.3 Å². The summed E-state index contributed by atoms with van der Waals surface area (Å²) in [6, 6.07) is 3.47. The summed E-state index contributed by atoms with van der Waals surface area (Å²) in [4.78, 5) is 24.9. The quantitative estimate of drug-likeness (QED) is 0.779. The van der Waals surface area contributed by atoms with E-state index in [0.717, 1.165) is 21.8 Å². The van der Waals surface area contributed by atoms with E-state index in [9.17, 15) is 9.59 Å². The van der Waals surface area contributed by atoms with Gasteiger partial charge >= 0.3 is 5.97 Å². The largest absolute Gasteiger partial charge is 0.469 e. The minimum Gasteiger partial charge on any atom is -0.469 e. The Hall–Kier alpha value is -2.15. The number of methoxy groups -OCH3 is 1. The number of amides is 1. The van der Waals surface area contributed by atoms with E-state index >= 15 is 0 Å². The van der Waals surface area contributed by atoms with Gasteiger partial charge in [-0.25, -0.2) is 0 Å². The van der Waals surface area contributed by atoms with Gasteiger partial charge in [0.1, 0.15) is 0 Å². The molecular weight excluding hydrogens is 326 g/mol. The van der Waals surface area contributed by atoms with Gasteiger partial charge in [0, 0.05) is 24.0 Å². The second kappa shape index (κ2) is 8.10. The van der Waals surface area contributed by atoms with E-state index in [-0.39, 0.29) is 24.3 Å². The highest BCUT2D eigenvalue weighted by Crippen LogP contribution is 2.23. The van der Waals surface area contributed by atoms with Crippen molar-refractivity contribution in [2.75, 3.05) is 7.11 Å². The van der Waals surface area contributed by atoms with Crippen molar-refractivity contribution in [2.45, 2.75) is 39.2 Å². The fourth-order valence-electron chi connectivity index (χ4n) is 2.65. The van der Waals surface area contributed by atoms with Crippen LogP contribution >= 0.6 is 11.3 Å². The predicted octanol–water partition coefficient (Wildman–Crippen LogP) is 2.45. The number of rotatable bonds is 7. The van der Waals surface area contributed by atoms with Gasteiger partial charge < -0.3 is 10.1 Å². The van der Waals surface area contributed by atoms with Crippen molar-refractivity contribution < 1.29 is 14.3 Å². The lowest BCUT2D eigenvalue weighted by atomic mass is 10.1. The zero-order chi connectivity index (χ0) is 17.7. The standard InChI is InChI=1S/C17H23N3O3S/c1-11-13(12(2)20(3)19-11)7-8-16(21)18-14(10-17(22)23-4)15-6-5-9-24-15/h5-6,9,14H,7-8,10H2,1-4H3,(H,18,21). The molecule has 1 amide bonds. The number of carbonyl (C=O) groups excluding carboxylic acids is 2. The molecule has 0 aliphatic rings. The molecule has 0 saturated heterocycles. The van der Waals surface area contributed by atoms with Crippen molar-refractivity contribution in [1.29, 1.82) is 0 Å². The summed E-state index contributed by atoms with van der Waals surface area (Å²) in [7, 11) is 3.25. The molecule has 0 bridgehead atoms. The smallest absolute Gasteiger partial charge is 0.307 e. The summed E-state index contributed by atoms with van der Waals surface area (Å²) in [5.41, 5.74) is 3.13. The molecule has 2 heterocycles. The van der Waals surface area contributed by atoms with E-state index in [1.807, 2.05) is 43.1 Å². The average molecular weight is 349 g/mol. The minimum atomic E-state index is -0.346. The Morgan fingerprint density at radius 1 is 1.42 bits per heavy atom. The Bertz CT molecular complexity index is 707. The number of nitrogens with one attached hydrogen (secondary N) is 1. The third-order valence-corrected chi connectivity index (χ3v) is 5.07. The first-order valence-corrected chi connectivity index (χ1v) is 8.69. The van der Waals surface area contributed by atoms with Gasteiger partial charge in [0.2, 0.25) is 5.91 Å². The van der Waals surface area contributed by atoms with E-state index in [1.165, 1.54) is 18.4 Å². The highest BCUT2D eigenvalue weighted by atomic mass is 32.1. The third-order valence-electron chi connectivity index (χ3n) is 4.08. The number of esters is 1. The number of thiophene rings is 1. The molecule has 24 heavy (non-hydrogen) atoms. The summed E-state index contributed by atoms with van der Waals surface area (Å²) in [6.45, 7) is 3.95. The summed E-state index contributed by atoms with van der Waals surface area (Å²) in [5, 5.41) is 9.23. The summed E-state index contributed by atoms with van der Waals surface area (Å²) >= 11 is 1.51. The molecule has 0 aliphatic carbocycles. The predicted molar refractivity (Wildman–Crippen MR) is 92.8 cm³/mol. The molecule has 6 nitrogen and oxygen atoms in total. The first-order valence-electron chi connectivity index (χ1n) is 7.81. The molecule has 7 heteroatoms. The van der Waals surface area contributed by atoms with Crippen LogP contribution in [0.5, 0.6) is 0 Å². The van der Waals surface area contributed by atoms with Crippen LogP contribution < -0.4 is 5.32 Å². The second-order valence-corrected chi connectivity index (χ2v) is 6.67. The van der Waals surface area contributed by atoms with E-state index in [1.54, 1.807) is 0 Å². The van der Waals surface area contributed by atoms with Crippen LogP contribution in [0, 0.1) is 13.8 Å². The van der Waals surface area contributed by atoms with Crippen molar-refractivity contribution in [2.24, 2.45) is 7.05 Å². The van der Waals surface area contributed by atoms with E-state index in [4.69, 9.17) is 4.74 Å². The van der Waals surface area contributed by atoms with E-state index in [0.29, 0.717) is 12.8 Å². The maximum Gasteiger partial charge on any atom is 0.307 e. The minimum absolute atomic E-state index is 0.0834. The molecule has 2 aromatic heterocycles. The van der Waals surface area contributed by atoms with E-state index in [2.05, 4.69) is 10.4 Å². The fraction of sp³-hybridized carbons (Fsp3) is 0.471. The number of ether oxygens (including phenoxy) is 1. The monoisotopic (exact) mass is 349 g/mol. The van der Waals surface area contributed by atoms with Gasteiger partial charge in [-0.3, -0.25) is 14.3 Å². The van der Waals surface area contributed by atoms with Crippen LogP contribution in [-0.2, 0) is 27.8 Å². The van der Waals surface area contributed by atoms with Crippen LogP contribution in [0.1, 0.15) is 40.7 Å². The Kier molecular flexibility index (Phi) is 6.14. The Morgan fingerprint density at radius 2 is 2.17 bits per heavy atom. The van der Waals surface area contributed by atoms with Crippen LogP contribution in [0.25, 0.3) is 0 Å². The molecule has 1 N–H and O–H groups in total. The van der Waals surface area contributed by atoms with Gasteiger partial charge in [0.05, 0.1) is 25.3 Å². The lowest BCUT2D eigenvalue weighted by molar-refractivity contribution is -0.141. The molecule has 0 fully saturated rings. The fourth-order valence-corrected chi connectivity index (χ4v) is 3.42. The van der Waals surface area contributed by atoms with Crippen LogP contribution in [0.2, 0.25) is 0 Å². The van der Waals surface area contributed by atoms with Crippen LogP contribution in [0.15, 0.2) is 17.5 Å². The first kappa shape index (κ1) is 18.2. The lowest BCUT2D eigenvalue weighted by Crippen LogP contribution is -2.30. The van der Waals surface area contributed by atoms with Crippen molar-refractivity contribution in [3.8, 4) is 0 Å². The summed E-state index contributed by atoms with van der Waals surface area (Å²) < 4.78 is 6.55. The molecule has 0 saturated carbocycles. The zero-order valence-electron chi connectivity index (χ0n) is 14.5. The maximum absolute atomic E-state index is 12.3. The van der Waals surface area contributed by atoms with Crippen molar-refractivity contribution in [3.63, 3.8) is 0 Å². The van der Waals surface area contributed by atoms with Gasteiger partial charge in [0.15, 0.2) is 0 Å². The van der Waals surface area contributed by atoms with Gasteiger partial charge in [-0.1, -0.05) is 6.07 Å². The maximum atomic E-state index is 12.3. The number of carbonyl (C=O) groups is 2. The molecule has 0 aromatic carbocycles. The molecule has 2 rings (SSSR count). The Morgan fingerprint density at radius 3 is 2.71 bits per heavy atom. The van der Waals surface area contributed by atoms with Crippen LogP contribution in [0.3, 0.4) is 0 Å². The van der Waals surface area contributed by atoms with Gasteiger partial charge in [-0.2, -0.15) is 5.10 Å². The SMILES string of the molecule is COC(=O)CC(NC(=O)CCc1c(C)nn(C)c1C)c1cccs1. The van der Waals surface area contributed by atoms with E-state index < -0.39 is 0 Å². The molecule has 0 aliphatic heterocycles. The normalized spacial score (nSPS) is 12.0. The van der Waals surface area contributed by atoms with Crippen LogP contribution in [0.4, 0.5) is 0 Å². The van der Waals surface area contributed by atoms with Crippen LogP contribution in [-0.4, -0.2) is 28.8 Å². The molecular formula is C17H23N3O3S. The molecule has 1 unspecified atom stereocenters. The average Bonchev–Trinajstić information content (AvgIpc) is 3.15. The van der Waals surface area contributed by atoms with Crippen molar-refractivity contribution in [1.82, 2.24) is 15.1 Å². The molecule has 0 radical (unpaired) electrons. The number of nitrogens with zero attached hydrogens (tertiary/aromatic N) is 2. The molecule has 0 spiro atoms. The Labute approximate surface area is 145 Å². The van der Waals surface area contributed by atoms with Crippen molar-refractivity contribution >= 4 is 23.2 Å². The number of aryl methyl sites for hydroxylation is 2.